The van der Waals surface area contributed by atoms with Crippen LogP contribution < -0.4 is 4.72 Å². The number of hydrogen-bond acceptors (Lipinski definition) is 2. The minimum Gasteiger partial charge on any atom is -0.211 e. The fraction of sp³-hybridized carbons (Fsp3) is 0.636. The first-order valence-corrected chi connectivity index (χ1v) is 6.89. The zero-order chi connectivity index (χ0) is 11.7. The molecule has 0 aromatic carbocycles. The van der Waals surface area contributed by atoms with Crippen molar-refractivity contribution in [1.29, 1.82) is 0 Å². The van der Waals surface area contributed by atoms with E-state index in [1.165, 1.54) is 0 Å². The van der Waals surface area contributed by atoms with E-state index in [0.29, 0.717) is 11.4 Å². The van der Waals surface area contributed by atoms with Crippen LogP contribution >= 0.6 is 0 Å². The largest absolute Gasteiger partial charge is 0.240 e. The molecule has 0 amide bonds. The molecule has 0 fully saturated rings. The maximum Gasteiger partial charge on any atom is 0.240 e. The van der Waals surface area contributed by atoms with E-state index in [4.69, 9.17) is 0 Å². The van der Waals surface area contributed by atoms with E-state index in [-0.39, 0.29) is 0 Å². The Morgan fingerprint density at radius 3 is 2.47 bits per heavy atom. The molecule has 0 aliphatic heterocycles. The number of hydrogen-bond donors (Lipinski definition) is 1. The fourth-order valence-electron chi connectivity index (χ4n) is 1.04. The van der Waals surface area contributed by atoms with E-state index in [1.54, 1.807) is 19.1 Å². The molecular weight excluding hydrogens is 210 g/mol. The minimum absolute atomic E-state index is 0.348. The summed E-state index contributed by atoms with van der Waals surface area (Å²) in [5.41, 5.74) is 0. The highest BCUT2D eigenvalue weighted by molar-refractivity contribution is 7.93. The third kappa shape index (κ3) is 5.74. The molecule has 0 heterocycles. The van der Waals surface area contributed by atoms with Gasteiger partial charge in [0.2, 0.25) is 10.0 Å². The zero-order valence-corrected chi connectivity index (χ0v) is 10.6. The highest BCUT2D eigenvalue weighted by atomic mass is 32.2. The second kappa shape index (κ2) is 7.65. The summed E-state index contributed by atoms with van der Waals surface area (Å²) in [4.78, 5) is 0.348. The zero-order valence-electron chi connectivity index (χ0n) is 9.79. The molecule has 0 saturated heterocycles. The van der Waals surface area contributed by atoms with Crippen molar-refractivity contribution in [2.24, 2.45) is 0 Å². The number of allylic oxidation sites excluding steroid dienone is 3. The average molecular weight is 231 g/mol. The molecule has 0 aromatic heterocycles. The lowest BCUT2D eigenvalue weighted by Gasteiger charge is -2.06. The molecule has 0 aromatic rings. The highest BCUT2D eigenvalue weighted by Crippen LogP contribution is 2.06. The summed E-state index contributed by atoms with van der Waals surface area (Å²) in [6.07, 6.45) is 7.79. The van der Waals surface area contributed by atoms with Crippen molar-refractivity contribution in [1.82, 2.24) is 4.72 Å². The molecule has 4 heteroatoms. The standard InChI is InChI=1S/C11H21NO2S/c1-4-7-9-11(6-3)15(13,14)12-10-8-5-2/h6-7,9,12H,4-5,8,10H2,1-3H3/b9-7-,11-6+. The Hall–Kier alpha value is -0.610. The van der Waals surface area contributed by atoms with Gasteiger partial charge >= 0.3 is 0 Å². The summed E-state index contributed by atoms with van der Waals surface area (Å²) in [5, 5.41) is 0. The van der Waals surface area contributed by atoms with Crippen molar-refractivity contribution in [2.75, 3.05) is 6.54 Å². The monoisotopic (exact) mass is 231 g/mol. The normalized spacial score (nSPS) is 13.7. The molecule has 15 heavy (non-hydrogen) atoms. The van der Waals surface area contributed by atoms with Crippen LogP contribution in [0.15, 0.2) is 23.1 Å². The van der Waals surface area contributed by atoms with Gasteiger partial charge < -0.3 is 0 Å². The van der Waals surface area contributed by atoms with Gasteiger partial charge in [-0.05, 0) is 25.8 Å². The van der Waals surface area contributed by atoms with Gasteiger partial charge in [-0.1, -0.05) is 32.4 Å². The number of nitrogens with one attached hydrogen (secondary N) is 1. The van der Waals surface area contributed by atoms with E-state index >= 15 is 0 Å². The van der Waals surface area contributed by atoms with Crippen LogP contribution in [-0.2, 0) is 10.0 Å². The van der Waals surface area contributed by atoms with Gasteiger partial charge in [0.1, 0.15) is 0 Å². The molecule has 88 valence electrons. The molecule has 0 rings (SSSR count). The van der Waals surface area contributed by atoms with Crippen LogP contribution in [0.2, 0.25) is 0 Å². The molecule has 0 aliphatic carbocycles. The van der Waals surface area contributed by atoms with Crippen molar-refractivity contribution >= 4 is 10.0 Å². The molecule has 0 saturated carbocycles. The summed E-state index contributed by atoms with van der Waals surface area (Å²) in [5.74, 6) is 0. The third-order valence-corrected chi connectivity index (χ3v) is 3.51. The van der Waals surface area contributed by atoms with Crippen molar-refractivity contribution in [2.45, 2.75) is 40.0 Å². The van der Waals surface area contributed by atoms with Crippen molar-refractivity contribution in [3.05, 3.63) is 23.1 Å². The predicted molar refractivity (Wildman–Crippen MR) is 65.0 cm³/mol. The van der Waals surface area contributed by atoms with Gasteiger partial charge in [-0.3, -0.25) is 0 Å². The van der Waals surface area contributed by atoms with Crippen molar-refractivity contribution < 1.29 is 8.42 Å². The topological polar surface area (TPSA) is 46.2 Å². The van der Waals surface area contributed by atoms with Crippen molar-refractivity contribution in [3.8, 4) is 0 Å². The second-order valence-corrected chi connectivity index (χ2v) is 5.02. The lowest BCUT2D eigenvalue weighted by molar-refractivity contribution is 0.585. The smallest absolute Gasteiger partial charge is 0.211 e. The quantitative estimate of drug-likeness (QED) is 0.540. The molecule has 0 aliphatic rings. The summed E-state index contributed by atoms with van der Waals surface area (Å²) < 4.78 is 26.0. The van der Waals surface area contributed by atoms with Crippen LogP contribution in [0.25, 0.3) is 0 Å². The molecular formula is C11H21NO2S. The molecule has 1 N–H and O–H groups in total. The van der Waals surface area contributed by atoms with Crippen LogP contribution in [0, 0.1) is 0 Å². The Bertz CT molecular complexity index is 315. The number of sulfonamides is 1. The highest BCUT2D eigenvalue weighted by Gasteiger charge is 2.12. The first-order chi connectivity index (χ1) is 7.08. The van der Waals surface area contributed by atoms with Gasteiger partial charge in [-0.2, -0.15) is 0 Å². The van der Waals surface area contributed by atoms with E-state index in [1.807, 2.05) is 19.9 Å². The minimum atomic E-state index is -3.29. The van der Waals surface area contributed by atoms with E-state index in [9.17, 15) is 8.42 Å². The Balaban J connectivity index is 4.48. The predicted octanol–water partition coefficient (Wildman–Crippen LogP) is 2.58. The van der Waals surface area contributed by atoms with Crippen molar-refractivity contribution in [3.63, 3.8) is 0 Å². The molecule has 0 radical (unpaired) electrons. The average Bonchev–Trinajstić information content (AvgIpc) is 2.19. The van der Waals surface area contributed by atoms with Crippen LogP contribution in [0.4, 0.5) is 0 Å². The lowest BCUT2D eigenvalue weighted by atomic mass is 10.3. The van der Waals surface area contributed by atoms with Gasteiger partial charge in [-0.15, -0.1) is 0 Å². The van der Waals surface area contributed by atoms with Gasteiger partial charge in [-0.25, -0.2) is 13.1 Å². The maximum atomic E-state index is 11.7. The Kier molecular flexibility index (Phi) is 7.34. The van der Waals surface area contributed by atoms with Gasteiger partial charge in [0.05, 0.1) is 4.91 Å². The fourth-order valence-corrected chi connectivity index (χ4v) is 2.21. The summed E-state index contributed by atoms with van der Waals surface area (Å²) in [6, 6.07) is 0. The molecule has 0 spiro atoms. The van der Waals surface area contributed by atoms with Gasteiger partial charge in [0.15, 0.2) is 0 Å². The first-order valence-electron chi connectivity index (χ1n) is 5.41. The van der Waals surface area contributed by atoms with Crippen LogP contribution in [0.3, 0.4) is 0 Å². The molecule has 0 bridgehead atoms. The van der Waals surface area contributed by atoms with E-state index in [2.05, 4.69) is 4.72 Å². The summed E-state index contributed by atoms with van der Waals surface area (Å²) >= 11 is 0. The van der Waals surface area contributed by atoms with Gasteiger partial charge in [0, 0.05) is 6.54 Å². The van der Waals surface area contributed by atoms with Crippen LogP contribution in [-0.4, -0.2) is 15.0 Å². The first kappa shape index (κ1) is 14.4. The van der Waals surface area contributed by atoms with Gasteiger partial charge in [0.25, 0.3) is 0 Å². The SMILES string of the molecule is C/C=C(\C=C/CC)S(=O)(=O)NCCCC. The lowest BCUT2D eigenvalue weighted by Crippen LogP contribution is -2.25. The Morgan fingerprint density at radius 2 is 2.00 bits per heavy atom. The number of unbranched alkanes of at least 4 members (excludes halogenated alkanes) is 1. The second-order valence-electron chi connectivity index (χ2n) is 3.25. The maximum absolute atomic E-state index is 11.7. The molecule has 3 nitrogen and oxygen atoms in total. The van der Waals surface area contributed by atoms with E-state index in [0.717, 1.165) is 19.3 Å². The van der Waals surface area contributed by atoms with E-state index < -0.39 is 10.0 Å². The van der Waals surface area contributed by atoms with Crippen LogP contribution in [0.5, 0.6) is 0 Å². The molecule has 0 atom stereocenters. The Labute approximate surface area is 93.3 Å². The summed E-state index contributed by atoms with van der Waals surface area (Å²) in [7, 11) is -3.29. The van der Waals surface area contributed by atoms with Crippen LogP contribution in [0.1, 0.15) is 40.0 Å². The number of rotatable bonds is 7. The Morgan fingerprint density at radius 1 is 1.33 bits per heavy atom. The summed E-state index contributed by atoms with van der Waals surface area (Å²) in [6.45, 7) is 6.24. The third-order valence-electron chi connectivity index (χ3n) is 1.94. The molecule has 0 unspecified atom stereocenters.